The summed E-state index contributed by atoms with van der Waals surface area (Å²) in [6, 6.07) is 0. The van der Waals surface area contributed by atoms with E-state index in [1.54, 1.807) is 0 Å². The molecule has 0 aromatic rings. The van der Waals surface area contributed by atoms with Gasteiger partial charge < -0.3 is 8.85 Å². The number of hydrogen-bond acceptors (Lipinski definition) is 2. The van der Waals surface area contributed by atoms with Gasteiger partial charge in [0, 0.05) is 24.3 Å². The van der Waals surface area contributed by atoms with Crippen molar-refractivity contribution in [1.29, 1.82) is 0 Å². The van der Waals surface area contributed by atoms with Crippen molar-refractivity contribution in [2.75, 3.05) is 13.2 Å². The number of rotatable bonds is 6. The van der Waals surface area contributed by atoms with E-state index in [-0.39, 0.29) is 0 Å². The average molecular weight is 200 g/mol. The van der Waals surface area contributed by atoms with Crippen molar-refractivity contribution in [3.05, 3.63) is 0 Å². The highest BCUT2D eigenvalue weighted by molar-refractivity contribution is 6.72. The molecule has 13 heavy (non-hydrogen) atoms. The molecule has 0 radical (unpaired) electrons. The van der Waals surface area contributed by atoms with Crippen molar-refractivity contribution in [3.63, 3.8) is 0 Å². The Kier molecular flexibility index (Phi) is 2.77. The predicted molar refractivity (Wildman–Crippen MR) is 55.0 cm³/mol. The van der Waals surface area contributed by atoms with E-state index in [1.807, 2.05) is 0 Å². The first-order chi connectivity index (χ1) is 6.33. The van der Waals surface area contributed by atoms with Crippen molar-refractivity contribution in [2.45, 2.75) is 50.6 Å². The smallest absolute Gasteiger partial charge is 0.344 e. The van der Waals surface area contributed by atoms with Gasteiger partial charge >= 0.3 is 8.56 Å². The Morgan fingerprint density at radius 2 is 1.31 bits per heavy atom. The summed E-state index contributed by atoms with van der Waals surface area (Å²) < 4.78 is 12.1. The zero-order valence-electron chi connectivity index (χ0n) is 8.71. The summed E-state index contributed by atoms with van der Waals surface area (Å²) in [6.45, 7) is 5.90. The highest BCUT2D eigenvalue weighted by Gasteiger charge is 2.60. The second kappa shape index (κ2) is 3.71. The molecule has 0 bridgehead atoms. The second-order valence-electron chi connectivity index (χ2n) is 4.14. The first-order valence-corrected chi connectivity index (χ1v) is 7.58. The fourth-order valence-electron chi connectivity index (χ4n) is 2.27. The molecule has 2 nitrogen and oxygen atoms in total. The van der Waals surface area contributed by atoms with E-state index in [0.717, 1.165) is 24.3 Å². The molecule has 2 aliphatic carbocycles. The minimum atomic E-state index is -1.73. The fourth-order valence-corrected chi connectivity index (χ4v) is 6.81. The zero-order valence-corrected chi connectivity index (χ0v) is 9.71. The van der Waals surface area contributed by atoms with Crippen LogP contribution >= 0.6 is 0 Å². The number of hydrogen-bond donors (Lipinski definition) is 0. The Morgan fingerprint density at radius 1 is 0.923 bits per heavy atom. The van der Waals surface area contributed by atoms with Crippen molar-refractivity contribution in [2.24, 2.45) is 0 Å². The van der Waals surface area contributed by atoms with Gasteiger partial charge in [0.05, 0.1) is 0 Å². The summed E-state index contributed by atoms with van der Waals surface area (Å²) in [6.07, 6.45) is 5.46. The van der Waals surface area contributed by atoms with Gasteiger partial charge in [-0.15, -0.1) is 0 Å². The summed E-state index contributed by atoms with van der Waals surface area (Å²) >= 11 is 0. The minimum Gasteiger partial charge on any atom is -0.394 e. The molecule has 0 aromatic carbocycles. The Hall–Kier alpha value is 0.137. The maximum atomic E-state index is 6.03. The molecular weight excluding hydrogens is 180 g/mol. The van der Waals surface area contributed by atoms with E-state index in [2.05, 4.69) is 13.8 Å². The Bertz CT molecular complexity index is 156. The topological polar surface area (TPSA) is 18.5 Å². The molecule has 2 saturated carbocycles. The van der Waals surface area contributed by atoms with Crippen LogP contribution in [-0.4, -0.2) is 21.8 Å². The van der Waals surface area contributed by atoms with Crippen LogP contribution in [0.3, 0.4) is 0 Å². The SMILES string of the molecule is CCO[Si](OCC)(C1CC1)C1CC1. The first kappa shape index (κ1) is 9.68. The minimum absolute atomic E-state index is 0.833. The molecule has 76 valence electrons. The van der Waals surface area contributed by atoms with Crippen LogP contribution in [0.2, 0.25) is 11.1 Å². The van der Waals surface area contributed by atoms with Crippen LogP contribution in [0.4, 0.5) is 0 Å². The molecule has 2 rings (SSSR count). The maximum absolute atomic E-state index is 6.03. The second-order valence-corrected chi connectivity index (χ2v) is 7.79. The zero-order chi connectivity index (χ0) is 9.31. The van der Waals surface area contributed by atoms with Crippen LogP contribution in [0, 0.1) is 0 Å². The Morgan fingerprint density at radius 3 is 1.54 bits per heavy atom. The van der Waals surface area contributed by atoms with Gasteiger partial charge in [0.2, 0.25) is 0 Å². The molecule has 0 heterocycles. The van der Waals surface area contributed by atoms with Crippen LogP contribution < -0.4 is 0 Å². The van der Waals surface area contributed by atoms with Crippen molar-refractivity contribution < 1.29 is 8.85 Å². The third kappa shape index (κ3) is 1.83. The summed E-state index contributed by atoms with van der Waals surface area (Å²) in [5.74, 6) is 0. The summed E-state index contributed by atoms with van der Waals surface area (Å²) in [4.78, 5) is 0. The summed E-state index contributed by atoms with van der Waals surface area (Å²) in [5.41, 5.74) is 1.67. The third-order valence-corrected chi connectivity index (χ3v) is 7.94. The molecule has 2 fully saturated rings. The highest BCUT2D eigenvalue weighted by atomic mass is 28.4. The lowest BCUT2D eigenvalue weighted by Crippen LogP contribution is -2.43. The third-order valence-electron chi connectivity index (χ3n) is 3.03. The van der Waals surface area contributed by atoms with Gasteiger partial charge in [-0.3, -0.25) is 0 Å². The molecule has 0 aliphatic heterocycles. The molecule has 0 N–H and O–H groups in total. The molecule has 0 spiro atoms. The predicted octanol–water partition coefficient (Wildman–Crippen LogP) is 2.83. The largest absolute Gasteiger partial charge is 0.394 e. The lowest BCUT2D eigenvalue weighted by molar-refractivity contribution is 0.179. The average Bonchev–Trinajstić information content (AvgIpc) is 2.96. The van der Waals surface area contributed by atoms with E-state index < -0.39 is 8.56 Å². The van der Waals surface area contributed by atoms with Crippen molar-refractivity contribution >= 4 is 8.56 Å². The Balaban J connectivity index is 2.03. The van der Waals surface area contributed by atoms with Gasteiger partial charge in [0.1, 0.15) is 0 Å². The molecular formula is C10H20O2Si. The van der Waals surface area contributed by atoms with Crippen LogP contribution in [0.15, 0.2) is 0 Å². The van der Waals surface area contributed by atoms with Gasteiger partial charge in [0.15, 0.2) is 0 Å². The van der Waals surface area contributed by atoms with Crippen molar-refractivity contribution in [1.82, 2.24) is 0 Å². The molecule has 0 unspecified atom stereocenters. The van der Waals surface area contributed by atoms with E-state index >= 15 is 0 Å². The lowest BCUT2D eigenvalue weighted by atomic mass is 10.9. The van der Waals surface area contributed by atoms with Crippen LogP contribution in [-0.2, 0) is 8.85 Å². The standard InChI is InChI=1S/C10H20O2Si/c1-3-11-13(12-4-2,9-5-6-9)10-7-8-10/h9-10H,3-8H2,1-2H3. The van der Waals surface area contributed by atoms with Crippen LogP contribution in [0.1, 0.15) is 39.5 Å². The fraction of sp³-hybridized carbons (Fsp3) is 1.00. The van der Waals surface area contributed by atoms with Crippen LogP contribution in [0.5, 0.6) is 0 Å². The molecule has 0 atom stereocenters. The lowest BCUT2D eigenvalue weighted by Gasteiger charge is -2.30. The summed E-state index contributed by atoms with van der Waals surface area (Å²) in [5, 5.41) is 0. The molecule has 0 saturated heterocycles. The Labute approximate surface area is 81.9 Å². The normalized spacial score (nSPS) is 23.5. The van der Waals surface area contributed by atoms with Gasteiger partial charge in [-0.1, -0.05) is 0 Å². The van der Waals surface area contributed by atoms with Crippen LogP contribution in [0.25, 0.3) is 0 Å². The summed E-state index contributed by atoms with van der Waals surface area (Å²) in [7, 11) is -1.73. The van der Waals surface area contributed by atoms with Gasteiger partial charge in [-0.2, -0.15) is 0 Å². The molecule has 3 heteroatoms. The quantitative estimate of drug-likeness (QED) is 0.614. The molecule has 0 amide bonds. The first-order valence-electron chi connectivity index (χ1n) is 5.61. The van der Waals surface area contributed by atoms with E-state index in [4.69, 9.17) is 8.85 Å². The molecule has 2 aliphatic rings. The van der Waals surface area contributed by atoms with E-state index in [0.29, 0.717) is 0 Å². The van der Waals surface area contributed by atoms with Gasteiger partial charge in [0.25, 0.3) is 0 Å². The van der Waals surface area contributed by atoms with E-state index in [9.17, 15) is 0 Å². The maximum Gasteiger partial charge on any atom is 0.344 e. The highest BCUT2D eigenvalue weighted by Crippen LogP contribution is 2.59. The van der Waals surface area contributed by atoms with E-state index in [1.165, 1.54) is 25.7 Å². The molecule has 0 aromatic heterocycles. The van der Waals surface area contributed by atoms with Gasteiger partial charge in [-0.25, -0.2) is 0 Å². The monoisotopic (exact) mass is 200 g/mol. The van der Waals surface area contributed by atoms with Gasteiger partial charge in [-0.05, 0) is 39.5 Å². The van der Waals surface area contributed by atoms with Crippen molar-refractivity contribution in [3.8, 4) is 0 Å².